The number of hydrogen-bond donors (Lipinski definition) is 4. The van der Waals surface area contributed by atoms with Crippen molar-refractivity contribution >= 4 is 23.8 Å². The van der Waals surface area contributed by atoms with Gasteiger partial charge in [0, 0.05) is 12.8 Å². The van der Waals surface area contributed by atoms with Crippen LogP contribution in [0.15, 0.2) is 24.3 Å². The van der Waals surface area contributed by atoms with Crippen LogP contribution in [0.5, 0.6) is 11.5 Å². The van der Waals surface area contributed by atoms with E-state index < -0.39 is 23.8 Å². The number of carbonyl (C=O) groups is 4. The summed E-state index contributed by atoms with van der Waals surface area (Å²) in [5.74, 6) is -1.92. The summed E-state index contributed by atoms with van der Waals surface area (Å²) in [6.45, 7) is 24.5. The Bertz CT molecular complexity index is 1380. The Morgan fingerprint density at radius 3 is 1.04 bits per heavy atom. The number of nitrogens with one attached hydrogen (secondary N) is 2. The van der Waals surface area contributed by atoms with Crippen LogP contribution in [0, 0.1) is 0 Å². The monoisotopic (exact) mass is 724 g/mol. The van der Waals surface area contributed by atoms with E-state index in [1.54, 1.807) is 0 Å². The van der Waals surface area contributed by atoms with Crippen molar-refractivity contribution in [2.24, 2.45) is 0 Å². The van der Waals surface area contributed by atoms with Gasteiger partial charge in [-0.15, -0.1) is 0 Å². The zero-order valence-electron chi connectivity index (χ0n) is 33.7. The number of phenols is 2. The molecule has 52 heavy (non-hydrogen) atoms. The number of rotatable bonds is 14. The smallest absolute Gasteiger partial charge is 0.309 e. The van der Waals surface area contributed by atoms with Crippen LogP contribution in [-0.4, -0.2) is 60.3 Å². The molecule has 0 aliphatic carbocycles. The minimum Gasteiger partial charge on any atom is -0.507 e. The van der Waals surface area contributed by atoms with Crippen molar-refractivity contribution in [3.05, 3.63) is 57.6 Å². The van der Waals surface area contributed by atoms with Gasteiger partial charge < -0.3 is 30.3 Å². The van der Waals surface area contributed by atoms with Gasteiger partial charge in [0.05, 0.1) is 13.1 Å². The van der Waals surface area contributed by atoms with Gasteiger partial charge in [-0.05, 0) is 80.7 Å². The van der Waals surface area contributed by atoms with Crippen LogP contribution in [0.3, 0.4) is 0 Å². The molecule has 0 unspecified atom stereocenters. The molecular formula is C42H64N2O8. The summed E-state index contributed by atoms with van der Waals surface area (Å²) in [7, 11) is 0. The van der Waals surface area contributed by atoms with Crippen LogP contribution >= 0.6 is 0 Å². The van der Waals surface area contributed by atoms with Gasteiger partial charge in [0.1, 0.15) is 24.7 Å². The van der Waals surface area contributed by atoms with Crippen molar-refractivity contribution < 1.29 is 38.9 Å². The van der Waals surface area contributed by atoms with Crippen molar-refractivity contribution in [3.8, 4) is 11.5 Å². The topological polar surface area (TPSA) is 151 Å². The highest BCUT2D eigenvalue weighted by atomic mass is 16.5. The molecule has 0 heterocycles. The lowest BCUT2D eigenvalue weighted by Crippen LogP contribution is -2.42. The molecule has 290 valence electrons. The fraction of sp³-hybridized carbons (Fsp3) is 0.619. The van der Waals surface area contributed by atoms with Crippen LogP contribution in [0.25, 0.3) is 0 Å². The van der Waals surface area contributed by atoms with Gasteiger partial charge in [0.2, 0.25) is 0 Å². The molecule has 4 N–H and O–H groups in total. The predicted octanol–water partition coefficient (Wildman–Crippen LogP) is 6.95. The van der Waals surface area contributed by atoms with Gasteiger partial charge >= 0.3 is 23.8 Å². The van der Waals surface area contributed by atoms with Crippen molar-refractivity contribution in [3.63, 3.8) is 0 Å². The van der Waals surface area contributed by atoms with Gasteiger partial charge in [-0.1, -0.05) is 107 Å². The molecule has 2 rings (SSSR count). The third-order valence-electron chi connectivity index (χ3n) is 8.77. The summed E-state index contributed by atoms with van der Waals surface area (Å²) in [5, 5.41) is 26.7. The molecule has 0 radical (unpaired) electrons. The number of carbonyl (C=O) groups excluding carboxylic acids is 4. The van der Waals surface area contributed by atoms with Crippen molar-refractivity contribution in [2.45, 2.75) is 143 Å². The fourth-order valence-corrected chi connectivity index (χ4v) is 5.80. The molecule has 2 amide bonds. The highest BCUT2D eigenvalue weighted by molar-refractivity contribution is 6.35. The van der Waals surface area contributed by atoms with Crippen LogP contribution in [-0.2, 0) is 63.2 Å². The van der Waals surface area contributed by atoms with E-state index in [1.165, 1.54) is 0 Å². The molecule has 2 aromatic rings. The molecule has 0 aliphatic heterocycles. The first kappa shape index (κ1) is 44.1. The molecule has 0 spiro atoms. The Kier molecular flexibility index (Phi) is 15.3. The van der Waals surface area contributed by atoms with Gasteiger partial charge in [0.15, 0.2) is 0 Å². The first-order valence-electron chi connectivity index (χ1n) is 18.4. The van der Waals surface area contributed by atoms with E-state index >= 15 is 0 Å². The number of amides is 2. The fourth-order valence-electron chi connectivity index (χ4n) is 5.80. The second-order valence-corrected chi connectivity index (χ2v) is 17.7. The first-order chi connectivity index (χ1) is 23.8. The van der Waals surface area contributed by atoms with E-state index in [9.17, 15) is 29.4 Å². The highest BCUT2D eigenvalue weighted by Crippen LogP contribution is 2.41. The lowest BCUT2D eigenvalue weighted by atomic mass is 9.78. The van der Waals surface area contributed by atoms with Crippen LogP contribution in [0.1, 0.15) is 142 Å². The third kappa shape index (κ3) is 13.8. The largest absolute Gasteiger partial charge is 0.507 e. The minimum atomic E-state index is -0.878. The number of aryl methyl sites for hydroxylation is 2. The second kappa shape index (κ2) is 18.1. The lowest BCUT2D eigenvalue weighted by molar-refractivity contribution is -0.145. The Balaban J connectivity index is 1.68. The van der Waals surface area contributed by atoms with E-state index in [2.05, 4.69) is 93.7 Å². The number of hydrogen-bond acceptors (Lipinski definition) is 8. The highest BCUT2D eigenvalue weighted by Gasteiger charge is 2.28. The number of esters is 2. The molecule has 2 aromatic carbocycles. The third-order valence-corrected chi connectivity index (χ3v) is 8.77. The predicted molar refractivity (Wildman–Crippen MR) is 205 cm³/mol. The molecule has 0 bridgehead atoms. The molecular weight excluding hydrogens is 660 g/mol. The summed E-state index contributed by atoms with van der Waals surface area (Å²) < 4.78 is 10.4. The van der Waals surface area contributed by atoms with Crippen molar-refractivity contribution in [1.82, 2.24) is 10.6 Å². The zero-order valence-corrected chi connectivity index (χ0v) is 33.7. The molecule has 0 aromatic heterocycles. The van der Waals surface area contributed by atoms with Gasteiger partial charge in [-0.2, -0.15) is 0 Å². The molecule has 0 saturated heterocycles. The standard InChI is InChI=1S/C42H64N2O8/c1-39(2,3)29-23-27(24-30(35(29)47)40(4,5)6)15-13-17-33(45)51-21-19-43-37(49)38(50)44-20-22-52-34(46)18-14-16-28-25-31(41(7,8)9)36(48)32(26-28)42(10,11)12/h23-26,47-48H,13-22H2,1-12H3,(H,43,49)(H,44,50). The molecule has 0 fully saturated rings. The van der Waals surface area contributed by atoms with Gasteiger partial charge in [-0.25, -0.2) is 0 Å². The van der Waals surface area contributed by atoms with Crippen molar-refractivity contribution in [1.29, 1.82) is 0 Å². The average Bonchev–Trinajstić information content (AvgIpc) is 3.00. The Morgan fingerprint density at radius 1 is 0.519 bits per heavy atom. The second-order valence-electron chi connectivity index (χ2n) is 17.7. The number of ether oxygens (including phenoxy) is 2. The average molecular weight is 725 g/mol. The summed E-state index contributed by atoms with van der Waals surface area (Å²) in [6.07, 6.45) is 2.79. The van der Waals surface area contributed by atoms with E-state index in [4.69, 9.17) is 9.47 Å². The zero-order chi connectivity index (χ0) is 39.7. The Labute approximate surface area is 311 Å². The number of benzene rings is 2. The van der Waals surface area contributed by atoms with Crippen LogP contribution < -0.4 is 10.6 Å². The van der Waals surface area contributed by atoms with Crippen molar-refractivity contribution in [2.75, 3.05) is 26.3 Å². The molecule has 10 heteroatoms. The van der Waals surface area contributed by atoms with Crippen LogP contribution in [0.2, 0.25) is 0 Å². The minimum absolute atomic E-state index is 0.0235. The normalized spacial score (nSPS) is 12.3. The lowest BCUT2D eigenvalue weighted by Gasteiger charge is -2.28. The first-order valence-corrected chi connectivity index (χ1v) is 18.4. The molecule has 10 nitrogen and oxygen atoms in total. The van der Waals surface area contributed by atoms with E-state index in [0.29, 0.717) is 37.2 Å². The van der Waals surface area contributed by atoms with E-state index in [0.717, 1.165) is 33.4 Å². The maximum atomic E-state index is 12.3. The Morgan fingerprint density at radius 2 is 0.788 bits per heavy atom. The van der Waals surface area contributed by atoms with Gasteiger partial charge in [-0.3, -0.25) is 19.2 Å². The van der Waals surface area contributed by atoms with Crippen LogP contribution in [0.4, 0.5) is 0 Å². The molecule has 0 saturated carbocycles. The summed E-state index contributed by atoms with van der Waals surface area (Å²) in [4.78, 5) is 48.8. The summed E-state index contributed by atoms with van der Waals surface area (Å²) >= 11 is 0. The molecule has 0 atom stereocenters. The summed E-state index contributed by atoms with van der Waals surface area (Å²) in [6, 6.07) is 8.02. The quantitative estimate of drug-likeness (QED) is 0.0929. The maximum absolute atomic E-state index is 12.3. The number of phenolic OH excluding ortho intramolecular Hbond substituents is 2. The van der Waals surface area contributed by atoms with Gasteiger partial charge in [0.25, 0.3) is 0 Å². The summed E-state index contributed by atoms with van der Waals surface area (Å²) in [5.41, 5.74) is 4.64. The maximum Gasteiger partial charge on any atom is 0.309 e. The molecule has 0 aliphatic rings. The Hall–Kier alpha value is -4.08. The van der Waals surface area contributed by atoms with E-state index in [-0.39, 0.29) is 60.8 Å². The van der Waals surface area contributed by atoms with E-state index in [1.807, 2.05) is 24.3 Å². The number of aromatic hydroxyl groups is 2. The SMILES string of the molecule is CC(C)(C)c1cc(CCCC(=O)OCCNC(=O)C(=O)NCCOC(=O)CCCc2cc(C(C)(C)C)c(O)c(C(C)(C)C)c2)cc(C(C)(C)C)c1O.